The van der Waals surface area contributed by atoms with Gasteiger partial charge in [0, 0.05) is 12.5 Å². The van der Waals surface area contributed by atoms with Crippen LogP contribution in [-0.2, 0) is 25.5 Å². The van der Waals surface area contributed by atoms with Crippen LogP contribution in [-0.4, -0.2) is 53.1 Å². The van der Waals surface area contributed by atoms with Gasteiger partial charge in [0.15, 0.2) is 0 Å². The van der Waals surface area contributed by atoms with Gasteiger partial charge in [-0.3, -0.25) is 9.59 Å². The molecule has 0 spiro atoms. The van der Waals surface area contributed by atoms with E-state index in [1.807, 2.05) is 30.3 Å². The number of esters is 1. The number of hydrogen-bond donors (Lipinski definition) is 2. The van der Waals surface area contributed by atoms with Gasteiger partial charge in [-0.1, -0.05) is 43.2 Å². The van der Waals surface area contributed by atoms with Gasteiger partial charge in [0.05, 0.1) is 19.6 Å². The van der Waals surface area contributed by atoms with Crippen molar-refractivity contribution in [3.8, 4) is 0 Å². The molecule has 7 nitrogen and oxygen atoms in total. The predicted molar refractivity (Wildman–Crippen MR) is 95.3 cm³/mol. The summed E-state index contributed by atoms with van der Waals surface area (Å²) in [7, 11) is 1.29. The fourth-order valence-corrected chi connectivity index (χ4v) is 3.51. The molecule has 1 fully saturated rings. The molecule has 26 heavy (non-hydrogen) atoms. The van der Waals surface area contributed by atoms with Crippen LogP contribution in [0, 0.1) is 0 Å². The number of aliphatic carboxylic acids is 1. The van der Waals surface area contributed by atoms with Crippen molar-refractivity contribution in [3.05, 3.63) is 35.9 Å². The first-order chi connectivity index (χ1) is 12.4. The van der Waals surface area contributed by atoms with Crippen LogP contribution in [0.2, 0.25) is 0 Å². The van der Waals surface area contributed by atoms with Gasteiger partial charge >= 0.3 is 11.9 Å². The second-order valence-electron chi connectivity index (χ2n) is 6.62. The van der Waals surface area contributed by atoms with Crippen LogP contribution in [0.4, 0.5) is 0 Å². The van der Waals surface area contributed by atoms with E-state index < -0.39 is 36.4 Å². The first-order valence-electron chi connectivity index (χ1n) is 8.85. The average molecular weight is 362 g/mol. The number of ether oxygens (including phenoxy) is 1. The molecule has 0 heterocycles. The van der Waals surface area contributed by atoms with E-state index in [1.54, 1.807) is 0 Å². The van der Waals surface area contributed by atoms with Gasteiger partial charge in [-0.05, 0) is 18.4 Å². The molecule has 3 N–H and O–H groups in total. The number of carbonyl (C=O) groups is 3. The molecule has 2 rings (SSSR count). The summed E-state index contributed by atoms with van der Waals surface area (Å²) < 4.78 is 4.95. The Labute approximate surface area is 153 Å². The summed E-state index contributed by atoms with van der Waals surface area (Å²) in [6.07, 6.45) is 3.29. The Bertz CT molecular complexity index is 628. The van der Waals surface area contributed by atoms with Gasteiger partial charge in [-0.2, -0.15) is 0 Å². The largest absolute Gasteiger partial charge is 0.481 e. The molecule has 0 bridgehead atoms. The molecule has 0 aliphatic heterocycles. The number of hydrogen-bond acceptors (Lipinski definition) is 5. The van der Waals surface area contributed by atoms with Crippen molar-refractivity contribution in [1.82, 2.24) is 4.90 Å². The maximum absolute atomic E-state index is 12.9. The number of nitrogens with two attached hydrogens (primary N) is 1. The van der Waals surface area contributed by atoms with E-state index in [1.165, 1.54) is 12.0 Å². The van der Waals surface area contributed by atoms with Crippen molar-refractivity contribution in [1.29, 1.82) is 0 Å². The van der Waals surface area contributed by atoms with Crippen LogP contribution < -0.4 is 5.73 Å². The quantitative estimate of drug-likeness (QED) is 0.676. The van der Waals surface area contributed by atoms with Crippen molar-refractivity contribution in [2.24, 2.45) is 5.73 Å². The monoisotopic (exact) mass is 362 g/mol. The van der Waals surface area contributed by atoms with Gasteiger partial charge in [0.2, 0.25) is 5.91 Å². The maximum Gasteiger partial charge on any atom is 0.328 e. The Kier molecular flexibility index (Phi) is 7.15. The number of nitrogens with zero attached hydrogens (tertiary/aromatic N) is 1. The van der Waals surface area contributed by atoms with Gasteiger partial charge in [0.25, 0.3) is 0 Å². The Morgan fingerprint density at radius 2 is 1.85 bits per heavy atom. The molecule has 1 aliphatic rings. The third kappa shape index (κ3) is 5.05. The van der Waals surface area contributed by atoms with Crippen LogP contribution in [0.3, 0.4) is 0 Å². The number of carbonyl (C=O) groups excluding carboxylic acids is 2. The molecule has 7 heteroatoms. The third-order valence-electron chi connectivity index (χ3n) is 4.77. The van der Waals surface area contributed by atoms with E-state index in [0.29, 0.717) is 6.42 Å². The molecular formula is C19H26N2O5. The predicted octanol–water partition coefficient (Wildman–Crippen LogP) is 1.34. The lowest BCUT2D eigenvalue weighted by atomic mass is 10.00. The fourth-order valence-electron chi connectivity index (χ4n) is 3.51. The van der Waals surface area contributed by atoms with E-state index in [4.69, 9.17) is 15.6 Å². The average Bonchev–Trinajstić information content (AvgIpc) is 3.14. The normalized spacial score (nSPS) is 16.7. The summed E-state index contributed by atoms with van der Waals surface area (Å²) in [6, 6.07) is 7.22. The van der Waals surface area contributed by atoms with E-state index in [-0.39, 0.29) is 6.04 Å². The number of benzene rings is 1. The molecule has 1 aromatic carbocycles. The molecular weight excluding hydrogens is 336 g/mol. The minimum Gasteiger partial charge on any atom is -0.481 e. The molecule has 142 valence electrons. The van der Waals surface area contributed by atoms with E-state index in [0.717, 1.165) is 31.2 Å². The fraction of sp³-hybridized carbons (Fsp3) is 0.526. The van der Waals surface area contributed by atoms with Gasteiger partial charge in [0.1, 0.15) is 6.04 Å². The molecule has 2 atom stereocenters. The molecule has 1 aliphatic carbocycles. The summed E-state index contributed by atoms with van der Waals surface area (Å²) in [6.45, 7) is 0. The summed E-state index contributed by atoms with van der Waals surface area (Å²) >= 11 is 0. The van der Waals surface area contributed by atoms with Crippen molar-refractivity contribution < 1.29 is 24.2 Å². The number of carboxylic acid groups (broad SMARTS) is 1. The van der Waals surface area contributed by atoms with E-state index >= 15 is 0 Å². The highest BCUT2D eigenvalue weighted by atomic mass is 16.5. The molecule has 1 aromatic rings. The molecule has 0 radical (unpaired) electrons. The zero-order valence-electron chi connectivity index (χ0n) is 15.0. The van der Waals surface area contributed by atoms with Gasteiger partial charge in [-0.25, -0.2) is 4.79 Å². The van der Waals surface area contributed by atoms with Gasteiger partial charge < -0.3 is 20.5 Å². The van der Waals surface area contributed by atoms with E-state index in [2.05, 4.69) is 0 Å². The van der Waals surface area contributed by atoms with Crippen LogP contribution in [0.15, 0.2) is 30.3 Å². The highest BCUT2D eigenvalue weighted by Crippen LogP contribution is 2.27. The van der Waals surface area contributed by atoms with Crippen molar-refractivity contribution in [3.63, 3.8) is 0 Å². The smallest absolute Gasteiger partial charge is 0.328 e. The molecule has 0 aromatic heterocycles. The standard InChI is InChI=1S/C19H26N2O5/c1-26-19(25)16(11-13-7-3-2-4-8-13)21(14-9-5-6-10-14)18(24)15(20)12-17(22)23/h2-4,7-8,14-16H,5-6,9-12,20H2,1H3,(H,22,23)/t15-,16-/m0/s1. The number of methoxy groups -OCH3 is 1. The van der Waals surface area contributed by atoms with Crippen molar-refractivity contribution in [2.45, 2.75) is 56.7 Å². The lowest BCUT2D eigenvalue weighted by Gasteiger charge is -2.36. The van der Waals surface area contributed by atoms with Crippen LogP contribution >= 0.6 is 0 Å². The molecule has 0 saturated heterocycles. The van der Waals surface area contributed by atoms with Gasteiger partial charge in [-0.15, -0.1) is 0 Å². The topological polar surface area (TPSA) is 110 Å². The second-order valence-corrected chi connectivity index (χ2v) is 6.62. The lowest BCUT2D eigenvalue weighted by Crippen LogP contribution is -2.56. The number of amides is 1. The third-order valence-corrected chi connectivity index (χ3v) is 4.77. The summed E-state index contributed by atoms with van der Waals surface area (Å²) in [5.74, 6) is -2.17. The highest BCUT2D eigenvalue weighted by molar-refractivity contribution is 5.90. The minimum atomic E-state index is -1.18. The second kappa shape index (κ2) is 9.33. The maximum atomic E-state index is 12.9. The summed E-state index contributed by atoms with van der Waals surface area (Å²) in [4.78, 5) is 37.9. The Balaban J connectivity index is 2.32. The van der Waals surface area contributed by atoms with Crippen molar-refractivity contribution in [2.75, 3.05) is 7.11 Å². The van der Waals surface area contributed by atoms with Crippen molar-refractivity contribution >= 4 is 17.8 Å². The molecule has 1 saturated carbocycles. The Hall–Kier alpha value is -2.41. The summed E-state index contributed by atoms with van der Waals surface area (Å²) in [5, 5.41) is 8.97. The molecule has 1 amide bonds. The van der Waals surface area contributed by atoms with E-state index in [9.17, 15) is 14.4 Å². The summed E-state index contributed by atoms with van der Waals surface area (Å²) in [5.41, 5.74) is 6.73. The Morgan fingerprint density at radius 3 is 2.38 bits per heavy atom. The highest BCUT2D eigenvalue weighted by Gasteiger charge is 2.39. The van der Waals surface area contributed by atoms with Crippen LogP contribution in [0.5, 0.6) is 0 Å². The lowest BCUT2D eigenvalue weighted by molar-refractivity contribution is -0.156. The SMILES string of the molecule is COC(=O)[C@H](Cc1ccccc1)N(C(=O)[C@@H](N)CC(=O)O)C1CCCC1. The first-order valence-corrected chi connectivity index (χ1v) is 8.85. The van der Waals surface area contributed by atoms with Crippen LogP contribution in [0.1, 0.15) is 37.7 Å². The zero-order chi connectivity index (χ0) is 19.1. The number of rotatable bonds is 8. The van der Waals surface area contributed by atoms with Crippen LogP contribution in [0.25, 0.3) is 0 Å². The molecule has 0 unspecified atom stereocenters. The first kappa shape index (κ1) is 19.9. The number of carboxylic acids is 1. The minimum absolute atomic E-state index is 0.129. The Morgan fingerprint density at radius 1 is 1.23 bits per heavy atom. The zero-order valence-corrected chi connectivity index (χ0v) is 15.0.